The van der Waals surface area contributed by atoms with Crippen molar-refractivity contribution in [3.05, 3.63) is 70.9 Å². The van der Waals surface area contributed by atoms with E-state index in [1.165, 1.54) is 43.6 Å². The molecule has 3 aromatic heterocycles. The highest BCUT2D eigenvalue weighted by Gasteiger charge is 2.34. The Morgan fingerprint density at radius 1 is 1.06 bits per heavy atom. The number of anilines is 2. The summed E-state index contributed by atoms with van der Waals surface area (Å²) >= 11 is 5.72. The summed E-state index contributed by atoms with van der Waals surface area (Å²) in [5.74, 6) is -0.110. The number of methoxy groups -OCH3 is 1. The van der Waals surface area contributed by atoms with Gasteiger partial charge in [0, 0.05) is 19.0 Å². The molecule has 0 aliphatic heterocycles. The normalized spacial score (nSPS) is 11.7. The summed E-state index contributed by atoms with van der Waals surface area (Å²) in [4.78, 5) is 16.8. The van der Waals surface area contributed by atoms with E-state index in [4.69, 9.17) is 16.3 Å². The number of nitrogens with zero attached hydrogens (tertiary/aromatic N) is 4. The molecule has 1 aromatic carbocycles. The van der Waals surface area contributed by atoms with Gasteiger partial charge in [-0.25, -0.2) is 19.3 Å². The van der Waals surface area contributed by atoms with Gasteiger partial charge in [-0.2, -0.15) is 13.2 Å². The number of fused-ring (bicyclic) bond motifs is 1. The number of aromatic nitrogens is 4. The van der Waals surface area contributed by atoms with Crippen LogP contribution in [0.5, 0.6) is 0 Å². The van der Waals surface area contributed by atoms with Gasteiger partial charge in [-0.1, -0.05) is 11.6 Å². The molecule has 0 aliphatic carbocycles. The lowest BCUT2D eigenvalue weighted by Crippen LogP contribution is -2.09. The van der Waals surface area contributed by atoms with Gasteiger partial charge in [-0.3, -0.25) is 4.98 Å². The van der Waals surface area contributed by atoms with E-state index in [0.717, 1.165) is 6.07 Å². The monoisotopic (exact) mass is 463 g/mol. The van der Waals surface area contributed by atoms with Crippen molar-refractivity contribution in [2.75, 3.05) is 12.4 Å². The first-order valence-electron chi connectivity index (χ1n) is 9.17. The molecule has 0 spiro atoms. The van der Waals surface area contributed by atoms with E-state index in [1.807, 2.05) is 0 Å². The molecule has 0 saturated carbocycles. The third-order valence-electron chi connectivity index (χ3n) is 4.42. The molecule has 4 aromatic rings. The molecule has 0 aliphatic rings. The number of nitrogens with one attached hydrogen (secondary N) is 1. The number of alkyl halides is 3. The van der Waals surface area contributed by atoms with Crippen LogP contribution in [-0.4, -0.2) is 27.0 Å². The van der Waals surface area contributed by atoms with Gasteiger partial charge in [0.25, 0.3) is 0 Å². The Hall–Kier alpha value is -3.37. The molecule has 0 saturated heterocycles. The standard InChI is InChI=1S/C21H14ClF4N5O/c1-32-10-17-30-19(28-11-4-6-14(22)15(23)9-11)12-5-7-16(29-20(12)31-17)18-13(21(24,25)26)3-2-8-27-18/h2-9H,10H2,1H3,(H,28,29,30,31). The van der Waals surface area contributed by atoms with Gasteiger partial charge in [0.15, 0.2) is 11.5 Å². The number of halogens is 5. The van der Waals surface area contributed by atoms with Crippen molar-refractivity contribution in [1.82, 2.24) is 19.9 Å². The molecule has 1 N–H and O–H groups in total. The van der Waals surface area contributed by atoms with Crippen molar-refractivity contribution in [3.63, 3.8) is 0 Å². The van der Waals surface area contributed by atoms with Crippen LogP contribution in [0.2, 0.25) is 5.02 Å². The maximum Gasteiger partial charge on any atom is 0.418 e. The third-order valence-corrected chi connectivity index (χ3v) is 4.72. The van der Waals surface area contributed by atoms with Crippen LogP contribution in [0.1, 0.15) is 11.4 Å². The number of benzene rings is 1. The van der Waals surface area contributed by atoms with Crippen LogP contribution in [-0.2, 0) is 17.5 Å². The number of hydrogen-bond donors (Lipinski definition) is 1. The summed E-state index contributed by atoms with van der Waals surface area (Å²) in [5.41, 5.74) is -0.740. The van der Waals surface area contributed by atoms with Gasteiger partial charge in [0.05, 0.1) is 21.7 Å². The predicted molar refractivity (Wildman–Crippen MR) is 111 cm³/mol. The van der Waals surface area contributed by atoms with Crippen molar-refractivity contribution in [3.8, 4) is 11.4 Å². The largest absolute Gasteiger partial charge is 0.418 e. The van der Waals surface area contributed by atoms with Crippen LogP contribution in [0.15, 0.2) is 48.7 Å². The molecule has 6 nitrogen and oxygen atoms in total. The lowest BCUT2D eigenvalue weighted by atomic mass is 10.1. The molecule has 0 radical (unpaired) electrons. The maximum absolute atomic E-state index is 13.8. The molecular formula is C21H14ClF4N5O. The Labute approximate surface area is 184 Å². The molecule has 32 heavy (non-hydrogen) atoms. The average molecular weight is 464 g/mol. The molecule has 3 heterocycles. The molecule has 11 heteroatoms. The van der Waals surface area contributed by atoms with E-state index < -0.39 is 17.6 Å². The van der Waals surface area contributed by atoms with Gasteiger partial charge in [-0.05, 0) is 42.5 Å². The summed E-state index contributed by atoms with van der Waals surface area (Å²) in [7, 11) is 1.45. The molecule has 164 valence electrons. The molecule has 0 fully saturated rings. The number of hydrogen-bond acceptors (Lipinski definition) is 6. The van der Waals surface area contributed by atoms with Crippen molar-refractivity contribution < 1.29 is 22.3 Å². The average Bonchev–Trinajstić information content (AvgIpc) is 2.75. The van der Waals surface area contributed by atoms with Crippen LogP contribution in [0, 0.1) is 5.82 Å². The Morgan fingerprint density at radius 2 is 1.88 bits per heavy atom. The highest BCUT2D eigenvalue weighted by Crippen LogP contribution is 2.36. The van der Waals surface area contributed by atoms with Crippen molar-refractivity contribution in [2.45, 2.75) is 12.8 Å². The first-order valence-corrected chi connectivity index (χ1v) is 9.55. The highest BCUT2D eigenvalue weighted by molar-refractivity contribution is 6.30. The zero-order valence-electron chi connectivity index (χ0n) is 16.4. The lowest BCUT2D eigenvalue weighted by molar-refractivity contribution is -0.137. The van der Waals surface area contributed by atoms with Crippen LogP contribution >= 0.6 is 11.6 Å². The van der Waals surface area contributed by atoms with Crippen molar-refractivity contribution in [2.24, 2.45) is 0 Å². The molecule has 0 unspecified atom stereocenters. The maximum atomic E-state index is 13.8. The van der Waals surface area contributed by atoms with E-state index in [-0.39, 0.29) is 40.3 Å². The molecular weight excluding hydrogens is 450 g/mol. The fourth-order valence-electron chi connectivity index (χ4n) is 3.02. The van der Waals surface area contributed by atoms with Crippen molar-refractivity contribution in [1.29, 1.82) is 0 Å². The van der Waals surface area contributed by atoms with Gasteiger partial charge in [0.1, 0.15) is 23.9 Å². The predicted octanol–water partition coefficient (Wildman–Crippen LogP) is 5.79. The minimum Gasteiger partial charge on any atom is -0.377 e. The zero-order chi connectivity index (χ0) is 22.9. The van der Waals surface area contributed by atoms with Gasteiger partial charge in [0.2, 0.25) is 0 Å². The first-order chi connectivity index (χ1) is 15.3. The van der Waals surface area contributed by atoms with Gasteiger partial charge < -0.3 is 10.1 Å². The minimum absolute atomic E-state index is 0.00372. The molecule has 0 bridgehead atoms. The van der Waals surface area contributed by atoms with E-state index in [1.54, 1.807) is 6.07 Å². The van der Waals surface area contributed by atoms with Gasteiger partial charge >= 0.3 is 6.18 Å². The number of pyridine rings is 2. The van der Waals surface area contributed by atoms with E-state index in [2.05, 4.69) is 25.3 Å². The smallest absolute Gasteiger partial charge is 0.377 e. The van der Waals surface area contributed by atoms with Gasteiger partial charge in [-0.15, -0.1) is 0 Å². The second-order valence-electron chi connectivity index (χ2n) is 6.64. The summed E-state index contributed by atoms with van der Waals surface area (Å²) in [6.07, 6.45) is -3.34. The Bertz CT molecular complexity index is 1300. The zero-order valence-corrected chi connectivity index (χ0v) is 17.2. The summed E-state index contributed by atoms with van der Waals surface area (Å²) in [6, 6.07) is 9.20. The third kappa shape index (κ3) is 4.46. The SMILES string of the molecule is COCc1nc(Nc2ccc(Cl)c(F)c2)c2ccc(-c3ncccc3C(F)(F)F)nc2n1. The van der Waals surface area contributed by atoms with E-state index >= 15 is 0 Å². The highest BCUT2D eigenvalue weighted by atomic mass is 35.5. The van der Waals surface area contributed by atoms with Crippen LogP contribution in [0.4, 0.5) is 29.1 Å². The van der Waals surface area contributed by atoms with Crippen molar-refractivity contribution >= 4 is 34.1 Å². The first kappa shape index (κ1) is 21.8. The quantitative estimate of drug-likeness (QED) is 0.378. The second kappa shape index (κ2) is 8.64. The Balaban J connectivity index is 1.84. The van der Waals surface area contributed by atoms with E-state index in [9.17, 15) is 17.6 Å². The van der Waals surface area contributed by atoms with Crippen LogP contribution < -0.4 is 5.32 Å². The second-order valence-corrected chi connectivity index (χ2v) is 7.05. The van der Waals surface area contributed by atoms with Crippen LogP contribution in [0.25, 0.3) is 22.4 Å². The Kier molecular flexibility index (Phi) is 5.90. The summed E-state index contributed by atoms with van der Waals surface area (Å²) in [5, 5.41) is 3.34. The fourth-order valence-corrected chi connectivity index (χ4v) is 3.14. The lowest BCUT2D eigenvalue weighted by Gasteiger charge is -2.13. The molecule has 0 atom stereocenters. The summed E-state index contributed by atoms with van der Waals surface area (Å²) in [6.45, 7) is 0.0306. The fraction of sp³-hybridized carbons (Fsp3) is 0.143. The van der Waals surface area contributed by atoms with E-state index in [0.29, 0.717) is 11.1 Å². The topological polar surface area (TPSA) is 72.8 Å². The molecule has 0 amide bonds. The minimum atomic E-state index is -4.60. The Morgan fingerprint density at radius 3 is 2.59 bits per heavy atom. The van der Waals surface area contributed by atoms with Crippen LogP contribution in [0.3, 0.4) is 0 Å². The number of rotatable bonds is 5. The summed E-state index contributed by atoms with van der Waals surface area (Å²) < 4.78 is 59.2. The molecule has 4 rings (SSSR count). The number of ether oxygens (including phenoxy) is 1.